The van der Waals surface area contributed by atoms with E-state index in [1.165, 1.54) is 18.2 Å². The zero-order valence-electron chi connectivity index (χ0n) is 9.44. The Kier molecular flexibility index (Phi) is 2.95. The fourth-order valence-corrected chi connectivity index (χ4v) is 2.35. The van der Waals surface area contributed by atoms with Gasteiger partial charge < -0.3 is 5.73 Å². The third-order valence-electron chi connectivity index (χ3n) is 2.23. The summed E-state index contributed by atoms with van der Waals surface area (Å²) in [5.74, 6) is -0.638. The number of anilines is 2. The van der Waals surface area contributed by atoms with Gasteiger partial charge in [0.1, 0.15) is 5.82 Å². The summed E-state index contributed by atoms with van der Waals surface area (Å²) < 4.78 is 39.2. The van der Waals surface area contributed by atoms with Gasteiger partial charge >= 0.3 is 0 Å². The van der Waals surface area contributed by atoms with Crippen LogP contribution in [0.2, 0.25) is 0 Å². The van der Waals surface area contributed by atoms with Crippen LogP contribution >= 0.6 is 0 Å². The number of nitrogens with zero attached hydrogens (tertiary/aromatic N) is 1. The highest BCUT2D eigenvalue weighted by Gasteiger charge is 2.17. The molecule has 0 fully saturated rings. The van der Waals surface area contributed by atoms with Crippen LogP contribution in [0.1, 0.15) is 5.69 Å². The maximum Gasteiger partial charge on any atom is 0.263 e. The standard InChI is InChI=1S/C10H11FN4O2S/c1-6-4-10(14-13-6)15-18(16,17)7-2-3-9(12)8(11)5-7/h2-5H,12H2,1H3,(H2,13,14,15). The van der Waals surface area contributed by atoms with Gasteiger partial charge in [-0.15, -0.1) is 0 Å². The molecule has 2 aromatic rings. The number of nitrogen functional groups attached to an aromatic ring is 1. The van der Waals surface area contributed by atoms with E-state index in [0.717, 1.165) is 6.07 Å². The highest BCUT2D eigenvalue weighted by molar-refractivity contribution is 7.92. The van der Waals surface area contributed by atoms with Crippen LogP contribution in [0.5, 0.6) is 0 Å². The molecule has 1 aromatic carbocycles. The Hall–Kier alpha value is -2.09. The second kappa shape index (κ2) is 4.30. The van der Waals surface area contributed by atoms with Gasteiger partial charge in [-0.2, -0.15) is 5.10 Å². The maximum absolute atomic E-state index is 13.2. The summed E-state index contributed by atoms with van der Waals surface area (Å²) in [4.78, 5) is -0.213. The molecule has 2 rings (SSSR count). The Morgan fingerprint density at radius 3 is 2.67 bits per heavy atom. The average Bonchev–Trinajstić information content (AvgIpc) is 2.67. The molecule has 0 spiro atoms. The van der Waals surface area contributed by atoms with E-state index in [-0.39, 0.29) is 16.4 Å². The number of benzene rings is 1. The first-order valence-corrected chi connectivity index (χ1v) is 6.46. The lowest BCUT2D eigenvalue weighted by molar-refractivity contribution is 0.596. The van der Waals surface area contributed by atoms with Gasteiger partial charge in [-0.1, -0.05) is 0 Å². The smallest absolute Gasteiger partial charge is 0.263 e. The number of rotatable bonds is 3. The Bertz CT molecular complexity index is 681. The van der Waals surface area contributed by atoms with E-state index in [0.29, 0.717) is 5.69 Å². The molecule has 0 bridgehead atoms. The topological polar surface area (TPSA) is 101 Å². The molecule has 0 unspecified atom stereocenters. The number of hydrogen-bond acceptors (Lipinski definition) is 4. The molecule has 0 aliphatic heterocycles. The van der Waals surface area contributed by atoms with Crippen LogP contribution < -0.4 is 10.5 Å². The van der Waals surface area contributed by atoms with E-state index in [1.54, 1.807) is 6.92 Å². The fraction of sp³-hybridized carbons (Fsp3) is 0.100. The number of hydrogen-bond donors (Lipinski definition) is 3. The summed E-state index contributed by atoms with van der Waals surface area (Å²) in [6.45, 7) is 1.73. The van der Waals surface area contributed by atoms with Gasteiger partial charge in [0.15, 0.2) is 5.82 Å². The molecule has 0 atom stereocenters. The van der Waals surface area contributed by atoms with Crippen molar-refractivity contribution in [3.8, 4) is 0 Å². The number of H-pyrrole nitrogens is 1. The number of sulfonamides is 1. The number of halogens is 1. The number of nitrogens with two attached hydrogens (primary N) is 1. The molecule has 0 aliphatic carbocycles. The lowest BCUT2D eigenvalue weighted by Gasteiger charge is -2.06. The summed E-state index contributed by atoms with van der Waals surface area (Å²) in [5.41, 5.74) is 5.88. The van der Waals surface area contributed by atoms with E-state index in [1.807, 2.05) is 0 Å². The summed E-state index contributed by atoms with van der Waals surface area (Å²) in [6, 6.07) is 4.79. The molecule has 18 heavy (non-hydrogen) atoms. The summed E-state index contributed by atoms with van der Waals surface area (Å²) in [7, 11) is -3.87. The third-order valence-corrected chi connectivity index (χ3v) is 3.58. The first-order valence-electron chi connectivity index (χ1n) is 4.98. The minimum Gasteiger partial charge on any atom is -0.396 e. The number of aromatic nitrogens is 2. The molecule has 0 saturated heterocycles. The minimum absolute atomic E-state index is 0.107. The zero-order chi connectivity index (χ0) is 13.3. The zero-order valence-corrected chi connectivity index (χ0v) is 10.3. The van der Waals surface area contributed by atoms with Crippen LogP contribution in [0.4, 0.5) is 15.9 Å². The van der Waals surface area contributed by atoms with Crippen molar-refractivity contribution in [1.82, 2.24) is 10.2 Å². The fourth-order valence-electron chi connectivity index (χ4n) is 1.34. The first kappa shape index (κ1) is 12.4. The SMILES string of the molecule is Cc1cc(NS(=O)(=O)c2ccc(N)c(F)c2)n[nH]1. The van der Waals surface area contributed by atoms with Gasteiger partial charge in [-0.25, -0.2) is 12.8 Å². The van der Waals surface area contributed by atoms with Crippen molar-refractivity contribution in [2.75, 3.05) is 10.5 Å². The molecular formula is C10H11FN4O2S. The molecule has 1 heterocycles. The Morgan fingerprint density at radius 1 is 1.39 bits per heavy atom. The number of aromatic amines is 1. The monoisotopic (exact) mass is 270 g/mol. The molecule has 8 heteroatoms. The van der Waals surface area contributed by atoms with Crippen LogP contribution in [-0.4, -0.2) is 18.6 Å². The molecule has 0 radical (unpaired) electrons. The molecular weight excluding hydrogens is 259 g/mol. The van der Waals surface area contributed by atoms with Crippen molar-refractivity contribution in [2.45, 2.75) is 11.8 Å². The van der Waals surface area contributed by atoms with E-state index in [9.17, 15) is 12.8 Å². The molecule has 1 aromatic heterocycles. The Labute approximate surface area is 103 Å². The lowest BCUT2D eigenvalue weighted by Crippen LogP contribution is -2.13. The van der Waals surface area contributed by atoms with Crippen molar-refractivity contribution in [1.29, 1.82) is 0 Å². The van der Waals surface area contributed by atoms with Crippen LogP contribution in [0.15, 0.2) is 29.2 Å². The molecule has 0 aliphatic rings. The molecule has 0 amide bonds. The van der Waals surface area contributed by atoms with Gasteiger partial charge in [0.2, 0.25) is 0 Å². The van der Waals surface area contributed by atoms with Crippen LogP contribution in [-0.2, 0) is 10.0 Å². The van der Waals surface area contributed by atoms with Crippen molar-refractivity contribution in [3.05, 3.63) is 35.8 Å². The molecule has 0 saturated carbocycles. The van der Waals surface area contributed by atoms with E-state index in [4.69, 9.17) is 5.73 Å². The van der Waals surface area contributed by atoms with Crippen molar-refractivity contribution >= 4 is 21.5 Å². The second-order valence-corrected chi connectivity index (χ2v) is 5.41. The van der Waals surface area contributed by atoms with Crippen LogP contribution in [0, 0.1) is 12.7 Å². The van der Waals surface area contributed by atoms with E-state index >= 15 is 0 Å². The van der Waals surface area contributed by atoms with Gasteiger partial charge in [0.05, 0.1) is 10.6 Å². The average molecular weight is 270 g/mol. The molecule has 96 valence electrons. The highest BCUT2D eigenvalue weighted by atomic mass is 32.2. The molecule has 6 nitrogen and oxygen atoms in total. The maximum atomic E-state index is 13.2. The van der Waals surface area contributed by atoms with Crippen molar-refractivity contribution in [3.63, 3.8) is 0 Å². The summed E-state index contributed by atoms with van der Waals surface area (Å²) >= 11 is 0. The summed E-state index contributed by atoms with van der Waals surface area (Å²) in [5, 5.41) is 6.32. The van der Waals surface area contributed by atoms with Crippen LogP contribution in [0.25, 0.3) is 0 Å². The van der Waals surface area contributed by atoms with Gasteiger partial charge in [0.25, 0.3) is 10.0 Å². The lowest BCUT2D eigenvalue weighted by atomic mass is 10.3. The van der Waals surface area contributed by atoms with Gasteiger partial charge in [-0.05, 0) is 25.1 Å². The molecule has 4 N–H and O–H groups in total. The van der Waals surface area contributed by atoms with Crippen LogP contribution in [0.3, 0.4) is 0 Å². The largest absolute Gasteiger partial charge is 0.396 e. The third kappa shape index (κ3) is 2.43. The second-order valence-electron chi connectivity index (χ2n) is 3.73. The van der Waals surface area contributed by atoms with E-state index in [2.05, 4.69) is 14.9 Å². The predicted molar refractivity (Wildman–Crippen MR) is 64.9 cm³/mol. The number of aryl methyl sites for hydroxylation is 1. The highest BCUT2D eigenvalue weighted by Crippen LogP contribution is 2.18. The summed E-state index contributed by atoms with van der Waals surface area (Å²) in [6.07, 6.45) is 0. The quantitative estimate of drug-likeness (QED) is 0.730. The number of nitrogens with one attached hydrogen (secondary N) is 2. The Balaban J connectivity index is 2.33. The minimum atomic E-state index is -3.87. The van der Waals surface area contributed by atoms with E-state index < -0.39 is 15.8 Å². The normalized spacial score (nSPS) is 11.4. The van der Waals surface area contributed by atoms with Crippen molar-refractivity contribution < 1.29 is 12.8 Å². The van der Waals surface area contributed by atoms with Crippen molar-refractivity contribution in [2.24, 2.45) is 0 Å². The first-order chi connectivity index (χ1) is 8.38. The van der Waals surface area contributed by atoms with Gasteiger partial charge in [0, 0.05) is 11.8 Å². The van der Waals surface area contributed by atoms with Gasteiger partial charge in [-0.3, -0.25) is 9.82 Å². The Morgan fingerprint density at radius 2 is 2.11 bits per heavy atom. The predicted octanol–water partition coefficient (Wildman–Crippen LogP) is 1.24.